The van der Waals surface area contributed by atoms with Crippen LogP contribution >= 0.6 is 11.3 Å². The normalized spacial score (nSPS) is 22.0. The monoisotopic (exact) mass is 311 g/mol. The number of aliphatic hydroxyl groups is 1. The zero-order chi connectivity index (χ0) is 15.5. The molecule has 1 atom stereocenters. The Bertz CT molecular complexity index is 489. The number of thiazole rings is 1. The first-order valence-corrected chi connectivity index (χ1v) is 8.36. The van der Waals surface area contributed by atoms with Crippen LogP contribution in [0.1, 0.15) is 43.5 Å². The molecule has 0 radical (unpaired) electrons. The highest BCUT2D eigenvalue weighted by Crippen LogP contribution is 2.28. The lowest BCUT2D eigenvalue weighted by atomic mass is 10.0. The standard InChI is InChI=1S/C15H25N3O2S/c1-11(2)7-13-16-8-12(21-13)9-17-14(20)18-6-4-5-15(18,3)10-19/h8,11,19H,4-7,9-10H2,1-3H3,(H,17,20). The Hall–Kier alpha value is -1.14. The van der Waals surface area contributed by atoms with E-state index in [2.05, 4.69) is 24.1 Å². The minimum Gasteiger partial charge on any atom is -0.394 e. The Morgan fingerprint density at radius 3 is 3.05 bits per heavy atom. The van der Waals surface area contributed by atoms with E-state index in [0.717, 1.165) is 29.1 Å². The molecular weight excluding hydrogens is 286 g/mol. The van der Waals surface area contributed by atoms with Gasteiger partial charge in [0.15, 0.2) is 0 Å². The number of urea groups is 1. The topological polar surface area (TPSA) is 65.5 Å². The van der Waals surface area contributed by atoms with Crippen molar-refractivity contribution in [3.05, 3.63) is 16.1 Å². The van der Waals surface area contributed by atoms with Crippen molar-refractivity contribution in [2.24, 2.45) is 5.92 Å². The fourth-order valence-electron chi connectivity index (χ4n) is 2.67. The molecule has 1 aliphatic heterocycles. The number of aromatic nitrogens is 1. The maximum atomic E-state index is 12.3. The second kappa shape index (κ2) is 6.75. The van der Waals surface area contributed by atoms with Crippen LogP contribution < -0.4 is 5.32 Å². The van der Waals surface area contributed by atoms with Crippen LogP contribution in [0.5, 0.6) is 0 Å². The summed E-state index contributed by atoms with van der Waals surface area (Å²) in [4.78, 5) is 19.5. The molecule has 1 fully saturated rings. The summed E-state index contributed by atoms with van der Waals surface area (Å²) in [6.07, 6.45) is 4.63. The SMILES string of the molecule is CC(C)Cc1ncc(CNC(=O)N2CCCC2(C)CO)s1. The number of aliphatic hydroxyl groups excluding tert-OH is 1. The van der Waals surface area contributed by atoms with Gasteiger partial charge in [-0.05, 0) is 25.7 Å². The molecule has 0 saturated carbocycles. The third-order valence-corrected chi connectivity index (χ3v) is 4.95. The van der Waals surface area contributed by atoms with E-state index in [9.17, 15) is 9.90 Å². The van der Waals surface area contributed by atoms with Crippen LogP contribution in [0.4, 0.5) is 4.79 Å². The van der Waals surface area contributed by atoms with Gasteiger partial charge in [-0.15, -0.1) is 11.3 Å². The third kappa shape index (κ3) is 3.95. The van der Waals surface area contributed by atoms with Gasteiger partial charge in [-0.1, -0.05) is 13.8 Å². The molecule has 1 unspecified atom stereocenters. The van der Waals surface area contributed by atoms with Gasteiger partial charge in [-0.3, -0.25) is 0 Å². The molecule has 6 heteroatoms. The lowest BCUT2D eigenvalue weighted by Gasteiger charge is -2.33. The molecule has 1 aromatic heterocycles. The van der Waals surface area contributed by atoms with Gasteiger partial charge in [-0.25, -0.2) is 9.78 Å². The van der Waals surface area contributed by atoms with Crippen molar-refractivity contribution >= 4 is 17.4 Å². The molecule has 1 aliphatic rings. The van der Waals surface area contributed by atoms with Gasteiger partial charge in [0.05, 0.1) is 23.7 Å². The van der Waals surface area contributed by atoms with Crippen LogP contribution in [0.15, 0.2) is 6.20 Å². The van der Waals surface area contributed by atoms with Crippen molar-refractivity contribution in [3.8, 4) is 0 Å². The van der Waals surface area contributed by atoms with Gasteiger partial charge in [0.1, 0.15) is 0 Å². The van der Waals surface area contributed by atoms with E-state index in [1.165, 1.54) is 0 Å². The molecule has 21 heavy (non-hydrogen) atoms. The zero-order valence-electron chi connectivity index (χ0n) is 13.1. The molecular formula is C15H25N3O2S. The van der Waals surface area contributed by atoms with Gasteiger partial charge in [0.2, 0.25) is 0 Å². The number of carbonyl (C=O) groups excluding carboxylic acids is 1. The van der Waals surface area contributed by atoms with Crippen LogP contribution in [-0.4, -0.2) is 39.7 Å². The number of hydrogen-bond acceptors (Lipinski definition) is 4. The molecule has 0 bridgehead atoms. The third-order valence-electron chi connectivity index (χ3n) is 3.93. The summed E-state index contributed by atoms with van der Waals surface area (Å²) in [5.41, 5.74) is -0.416. The lowest BCUT2D eigenvalue weighted by Crippen LogP contribution is -2.51. The molecule has 0 spiro atoms. The Kier molecular flexibility index (Phi) is 5.22. The van der Waals surface area contributed by atoms with Gasteiger partial charge < -0.3 is 15.3 Å². The molecule has 1 aromatic rings. The van der Waals surface area contributed by atoms with Crippen molar-refractivity contribution in [1.29, 1.82) is 0 Å². The molecule has 2 rings (SSSR count). The quantitative estimate of drug-likeness (QED) is 0.877. The fraction of sp³-hybridized carbons (Fsp3) is 0.733. The number of amides is 2. The van der Waals surface area contributed by atoms with Crippen molar-refractivity contribution < 1.29 is 9.90 Å². The van der Waals surface area contributed by atoms with Crippen molar-refractivity contribution in [3.63, 3.8) is 0 Å². The van der Waals surface area contributed by atoms with E-state index < -0.39 is 5.54 Å². The first-order valence-electron chi connectivity index (χ1n) is 7.54. The van der Waals surface area contributed by atoms with E-state index in [4.69, 9.17) is 0 Å². The van der Waals surface area contributed by atoms with Gasteiger partial charge in [0.25, 0.3) is 0 Å². The number of hydrogen-bond donors (Lipinski definition) is 2. The molecule has 2 amide bonds. The Morgan fingerprint density at radius 1 is 1.62 bits per heavy atom. The Labute approximate surface area is 130 Å². The van der Waals surface area contributed by atoms with Gasteiger partial charge >= 0.3 is 6.03 Å². The fourth-order valence-corrected chi connectivity index (χ4v) is 3.74. The summed E-state index contributed by atoms with van der Waals surface area (Å²) in [5.74, 6) is 0.591. The van der Waals surface area contributed by atoms with E-state index in [-0.39, 0.29) is 12.6 Å². The first-order chi connectivity index (χ1) is 9.94. The largest absolute Gasteiger partial charge is 0.394 e. The second-order valence-electron chi connectivity index (χ2n) is 6.39. The zero-order valence-corrected chi connectivity index (χ0v) is 13.9. The lowest BCUT2D eigenvalue weighted by molar-refractivity contribution is 0.0973. The highest BCUT2D eigenvalue weighted by molar-refractivity contribution is 7.11. The predicted molar refractivity (Wildman–Crippen MR) is 84.3 cm³/mol. The first kappa shape index (κ1) is 16.2. The average Bonchev–Trinajstić information content (AvgIpc) is 3.03. The van der Waals surface area contributed by atoms with Crippen LogP contribution in [0.2, 0.25) is 0 Å². The maximum absolute atomic E-state index is 12.3. The van der Waals surface area contributed by atoms with Crippen molar-refractivity contribution in [2.45, 2.75) is 52.1 Å². The summed E-state index contributed by atoms with van der Waals surface area (Å²) < 4.78 is 0. The molecule has 118 valence electrons. The van der Waals surface area contributed by atoms with Crippen LogP contribution in [0.25, 0.3) is 0 Å². The van der Waals surface area contributed by atoms with E-state index >= 15 is 0 Å². The van der Waals surface area contributed by atoms with Gasteiger partial charge in [-0.2, -0.15) is 0 Å². The molecule has 2 heterocycles. The predicted octanol–water partition coefficient (Wildman–Crippen LogP) is 2.40. The highest BCUT2D eigenvalue weighted by atomic mass is 32.1. The van der Waals surface area contributed by atoms with Gasteiger partial charge in [0, 0.05) is 24.0 Å². The summed E-state index contributed by atoms with van der Waals surface area (Å²) in [6, 6.07) is -0.0946. The Morgan fingerprint density at radius 2 is 2.38 bits per heavy atom. The molecule has 5 nitrogen and oxygen atoms in total. The molecule has 1 saturated heterocycles. The van der Waals surface area contributed by atoms with Crippen LogP contribution in [0.3, 0.4) is 0 Å². The maximum Gasteiger partial charge on any atom is 0.318 e. The Balaban J connectivity index is 1.88. The van der Waals surface area contributed by atoms with E-state index in [0.29, 0.717) is 19.0 Å². The number of nitrogens with zero attached hydrogens (tertiary/aromatic N) is 2. The van der Waals surface area contributed by atoms with E-state index in [1.54, 1.807) is 16.2 Å². The number of rotatable bonds is 5. The summed E-state index contributed by atoms with van der Waals surface area (Å²) >= 11 is 1.66. The van der Waals surface area contributed by atoms with Crippen molar-refractivity contribution in [1.82, 2.24) is 15.2 Å². The summed E-state index contributed by atoms with van der Waals surface area (Å²) in [7, 11) is 0. The molecule has 2 N–H and O–H groups in total. The smallest absolute Gasteiger partial charge is 0.318 e. The van der Waals surface area contributed by atoms with Crippen molar-refractivity contribution in [2.75, 3.05) is 13.2 Å². The summed E-state index contributed by atoms with van der Waals surface area (Å²) in [6.45, 7) is 7.52. The minimum absolute atomic E-state index is 0.0134. The van der Waals surface area contributed by atoms with Crippen LogP contribution in [-0.2, 0) is 13.0 Å². The molecule has 0 aliphatic carbocycles. The number of carbonyl (C=O) groups is 1. The number of likely N-dealkylation sites (tertiary alicyclic amines) is 1. The van der Waals surface area contributed by atoms with Crippen LogP contribution in [0, 0.1) is 5.92 Å². The summed E-state index contributed by atoms with van der Waals surface area (Å²) in [5, 5.41) is 13.6. The highest BCUT2D eigenvalue weighted by Gasteiger charge is 2.38. The average molecular weight is 311 g/mol. The second-order valence-corrected chi connectivity index (χ2v) is 7.59. The van der Waals surface area contributed by atoms with E-state index in [1.807, 2.05) is 13.1 Å². The molecule has 0 aromatic carbocycles. The minimum atomic E-state index is -0.416. The number of nitrogens with one attached hydrogen (secondary N) is 1.